The van der Waals surface area contributed by atoms with E-state index >= 15 is 0 Å². The van der Waals surface area contributed by atoms with Crippen molar-refractivity contribution in [3.8, 4) is 0 Å². The van der Waals surface area contributed by atoms with Gasteiger partial charge in [-0.3, -0.25) is 9.69 Å². The Balaban J connectivity index is 1.65. The quantitative estimate of drug-likeness (QED) is 0.582. The molecule has 3 heterocycles. The van der Waals surface area contributed by atoms with Crippen molar-refractivity contribution in [1.82, 2.24) is 14.8 Å². The lowest BCUT2D eigenvalue weighted by molar-refractivity contribution is 0.0585. The third kappa shape index (κ3) is 3.49. The van der Waals surface area contributed by atoms with E-state index in [1.807, 2.05) is 29.4 Å². The van der Waals surface area contributed by atoms with Crippen molar-refractivity contribution in [2.24, 2.45) is 0 Å². The van der Waals surface area contributed by atoms with Crippen molar-refractivity contribution < 1.29 is 4.79 Å². The molecule has 2 aliphatic heterocycles. The summed E-state index contributed by atoms with van der Waals surface area (Å²) in [5.41, 5.74) is 3.49. The van der Waals surface area contributed by atoms with E-state index in [9.17, 15) is 4.79 Å². The summed E-state index contributed by atoms with van der Waals surface area (Å²) < 4.78 is 0. The number of rotatable bonds is 4. The van der Waals surface area contributed by atoms with Gasteiger partial charge in [0.15, 0.2) is 0 Å². The highest BCUT2D eigenvalue weighted by atomic mass is 32.2. The molecule has 1 fully saturated rings. The molecule has 4 rings (SSSR count). The molecular weight excluding hydrogens is 366 g/mol. The van der Waals surface area contributed by atoms with Crippen LogP contribution >= 0.6 is 11.8 Å². The van der Waals surface area contributed by atoms with Gasteiger partial charge < -0.3 is 4.90 Å². The van der Waals surface area contributed by atoms with Gasteiger partial charge in [-0.05, 0) is 55.4 Å². The predicted octanol–water partition coefficient (Wildman–Crippen LogP) is 3.98. The maximum absolute atomic E-state index is 13.4. The molecule has 0 saturated carbocycles. The number of carbonyl (C=O) groups is 1. The largest absolute Gasteiger partial charge is 0.333 e. The molecule has 0 N–H and O–H groups in total. The average Bonchev–Trinajstić information content (AvgIpc) is 2.75. The summed E-state index contributed by atoms with van der Waals surface area (Å²) in [6.45, 7) is 8.37. The first-order chi connectivity index (χ1) is 13.7. The number of fused-ring (bicyclic) bond motifs is 2. The van der Waals surface area contributed by atoms with Crippen LogP contribution in [0, 0.1) is 0 Å². The first-order valence-electron chi connectivity index (χ1n) is 9.87. The highest BCUT2D eigenvalue weighted by molar-refractivity contribution is 7.98. The van der Waals surface area contributed by atoms with Crippen LogP contribution < -0.4 is 0 Å². The second kappa shape index (κ2) is 8.10. The van der Waals surface area contributed by atoms with E-state index in [2.05, 4.69) is 40.7 Å². The van der Waals surface area contributed by atoms with Crippen molar-refractivity contribution >= 4 is 17.7 Å². The molecule has 2 aliphatic rings. The maximum atomic E-state index is 13.4. The third-order valence-corrected chi connectivity index (χ3v) is 6.84. The summed E-state index contributed by atoms with van der Waals surface area (Å²) >= 11 is 1.53. The van der Waals surface area contributed by atoms with Gasteiger partial charge in [-0.25, -0.2) is 4.98 Å². The molecule has 28 heavy (non-hydrogen) atoms. The van der Waals surface area contributed by atoms with Crippen LogP contribution in [0.5, 0.6) is 0 Å². The molecule has 0 aliphatic carbocycles. The zero-order valence-corrected chi connectivity index (χ0v) is 17.3. The standard InChI is InChI=1S/C23H27N3OS/c1-3-13-25-14-10-23(11-15-25)17-26(16-18-7-4-5-9-20(18)23)22(27)19-8-6-12-24-21(19)28-2/h3-9,12H,1,10-11,13-17H2,2H3. The number of pyridine rings is 1. The Morgan fingerprint density at radius 3 is 2.79 bits per heavy atom. The fourth-order valence-electron chi connectivity index (χ4n) is 4.69. The molecule has 1 amide bonds. The summed E-state index contributed by atoms with van der Waals surface area (Å²) in [4.78, 5) is 22.3. The van der Waals surface area contributed by atoms with Gasteiger partial charge in [0.05, 0.1) is 5.56 Å². The molecule has 2 aromatic rings. The Morgan fingerprint density at radius 1 is 1.25 bits per heavy atom. The number of likely N-dealkylation sites (tertiary alicyclic amines) is 1. The number of piperidine rings is 1. The number of thioether (sulfide) groups is 1. The first kappa shape index (κ1) is 19.2. The number of hydrogen-bond donors (Lipinski definition) is 0. The van der Waals surface area contributed by atoms with Gasteiger partial charge in [0, 0.05) is 31.2 Å². The Kier molecular flexibility index (Phi) is 5.56. The fraction of sp³-hybridized carbons (Fsp3) is 0.391. The summed E-state index contributed by atoms with van der Waals surface area (Å²) in [5, 5.41) is 0.807. The second-order valence-electron chi connectivity index (χ2n) is 7.75. The number of aromatic nitrogens is 1. The van der Waals surface area contributed by atoms with Crippen LogP contribution in [-0.4, -0.2) is 53.1 Å². The van der Waals surface area contributed by atoms with Crippen LogP contribution in [0.25, 0.3) is 0 Å². The molecule has 1 aromatic carbocycles. The molecular formula is C23H27N3OS. The lowest BCUT2D eigenvalue weighted by Gasteiger charge is -2.48. The van der Waals surface area contributed by atoms with Crippen LogP contribution in [0.4, 0.5) is 0 Å². The zero-order chi connectivity index (χ0) is 19.6. The molecule has 1 saturated heterocycles. The van der Waals surface area contributed by atoms with Crippen LogP contribution in [0.3, 0.4) is 0 Å². The van der Waals surface area contributed by atoms with E-state index in [-0.39, 0.29) is 11.3 Å². The maximum Gasteiger partial charge on any atom is 0.256 e. The van der Waals surface area contributed by atoms with E-state index in [0.29, 0.717) is 12.1 Å². The highest BCUT2D eigenvalue weighted by Gasteiger charge is 2.43. The smallest absolute Gasteiger partial charge is 0.256 e. The Bertz CT molecular complexity index is 874. The zero-order valence-electron chi connectivity index (χ0n) is 16.4. The van der Waals surface area contributed by atoms with Gasteiger partial charge in [0.1, 0.15) is 5.03 Å². The minimum atomic E-state index is 0.0455. The molecule has 4 nitrogen and oxygen atoms in total. The van der Waals surface area contributed by atoms with Crippen molar-refractivity contribution in [2.75, 3.05) is 32.4 Å². The van der Waals surface area contributed by atoms with E-state index in [0.717, 1.165) is 44.0 Å². The molecule has 5 heteroatoms. The minimum absolute atomic E-state index is 0.0455. The second-order valence-corrected chi connectivity index (χ2v) is 8.54. The number of carbonyl (C=O) groups excluding carboxylic acids is 1. The van der Waals surface area contributed by atoms with Gasteiger partial charge in [-0.15, -0.1) is 18.3 Å². The third-order valence-electron chi connectivity index (χ3n) is 6.13. The fourth-order valence-corrected chi connectivity index (χ4v) is 5.23. The van der Waals surface area contributed by atoms with Gasteiger partial charge >= 0.3 is 0 Å². The van der Waals surface area contributed by atoms with Gasteiger partial charge in [-0.1, -0.05) is 30.3 Å². The van der Waals surface area contributed by atoms with E-state index in [4.69, 9.17) is 0 Å². The number of amides is 1. The molecule has 146 valence electrons. The molecule has 0 atom stereocenters. The Labute approximate surface area is 171 Å². The number of nitrogens with zero attached hydrogens (tertiary/aromatic N) is 3. The molecule has 0 unspecified atom stereocenters. The molecule has 0 bridgehead atoms. The normalized spacial score (nSPS) is 18.7. The molecule has 1 aromatic heterocycles. The predicted molar refractivity (Wildman–Crippen MR) is 115 cm³/mol. The van der Waals surface area contributed by atoms with Crippen LogP contribution in [0.15, 0.2) is 60.3 Å². The monoisotopic (exact) mass is 393 g/mol. The van der Waals surface area contributed by atoms with E-state index in [1.54, 1.807) is 6.20 Å². The number of hydrogen-bond acceptors (Lipinski definition) is 4. The van der Waals surface area contributed by atoms with E-state index < -0.39 is 0 Å². The van der Waals surface area contributed by atoms with Gasteiger partial charge in [0.2, 0.25) is 0 Å². The van der Waals surface area contributed by atoms with Crippen LogP contribution in [0.1, 0.15) is 34.3 Å². The average molecular weight is 394 g/mol. The lowest BCUT2D eigenvalue weighted by atomic mass is 9.68. The summed E-state index contributed by atoms with van der Waals surface area (Å²) in [5.74, 6) is 0.0971. The molecule has 1 spiro atoms. The Morgan fingerprint density at radius 2 is 2.04 bits per heavy atom. The molecule has 0 radical (unpaired) electrons. The van der Waals surface area contributed by atoms with Crippen molar-refractivity contribution in [3.63, 3.8) is 0 Å². The van der Waals surface area contributed by atoms with Crippen molar-refractivity contribution in [2.45, 2.75) is 29.8 Å². The summed E-state index contributed by atoms with van der Waals surface area (Å²) in [6.07, 6.45) is 7.86. The summed E-state index contributed by atoms with van der Waals surface area (Å²) in [6, 6.07) is 12.4. The van der Waals surface area contributed by atoms with Gasteiger partial charge in [0.25, 0.3) is 5.91 Å². The van der Waals surface area contributed by atoms with Crippen molar-refractivity contribution in [3.05, 3.63) is 71.9 Å². The minimum Gasteiger partial charge on any atom is -0.333 e. The number of benzene rings is 1. The lowest BCUT2D eigenvalue weighted by Crippen LogP contribution is -2.53. The van der Waals surface area contributed by atoms with Crippen LogP contribution in [0.2, 0.25) is 0 Å². The first-order valence-corrected chi connectivity index (χ1v) is 11.1. The van der Waals surface area contributed by atoms with Crippen molar-refractivity contribution in [1.29, 1.82) is 0 Å². The van der Waals surface area contributed by atoms with E-state index in [1.165, 1.54) is 22.9 Å². The topological polar surface area (TPSA) is 36.4 Å². The Hall–Kier alpha value is -2.11. The SMILES string of the molecule is C=CCN1CCC2(CC1)CN(C(=O)c1cccnc1SC)Cc1ccccc12. The summed E-state index contributed by atoms with van der Waals surface area (Å²) in [7, 11) is 0. The van der Waals surface area contributed by atoms with Gasteiger partial charge in [-0.2, -0.15) is 0 Å². The highest BCUT2D eigenvalue weighted by Crippen LogP contribution is 2.42. The van der Waals surface area contributed by atoms with Crippen LogP contribution in [-0.2, 0) is 12.0 Å².